The van der Waals surface area contributed by atoms with Gasteiger partial charge in [-0.05, 0) is 42.5 Å². The van der Waals surface area contributed by atoms with Crippen LogP contribution in [0.1, 0.15) is 0 Å². The number of carbonyl (C=O) groups excluding carboxylic acids is 3. The van der Waals surface area contributed by atoms with Crippen LogP contribution in [0, 0.1) is 0 Å². The van der Waals surface area contributed by atoms with Crippen LogP contribution in [0.3, 0.4) is 0 Å². The van der Waals surface area contributed by atoms with Gasteiger partial charge in [0.2, 0.25) is 5.91 Å². The number of rotatable bonds is 5. The first-order chi connectivity index (χ1) is 14.0. The van der Waals surface area contributed by atoms with E-state index in [9.17, 15) is 14.4 Å². The molecule has 4 rings (SSSR count). The molecule has 9 nitrogen and oxygen atoms in total. The lowest BCUT2D eigenvalue weighted by atomic mass is 10.1. The number of benzene rings is 2. The zero-order chi connectivity index (χ0) is 20.5. The molecule has 10 heteroatoms. The zero-order valence-corrected chi connectivity index (χ0v) is 16.0. The van der Waals surface area contributed by atoms with Gasteiger partial charge < -0.3 is 10.1 Å². The van der Waals surface area contributed by atoms with Gasteiger partial charge in [0.15, 0.2) is 12.1 Å². The topological polar surface area (TPSA) is 104 Å². The second kappa shape index (κ2) is 7.51. The molecule has 148 valence electrons. The molecule has 0 bridgehead atoms. The molecular weight excluding hydrogens is 398 g/mol. The van der Waals surface area contributed by atoms with E-state index in [4.69, 9.17) is 16.3 Å². The second-order valence-corrected chi connectivity index (χ2v) is 6.90. The van der Waals surface area contributed by atoms with Crippen LogP contribution in [0.4, 0.5) is 11.4 Å². The lowest BCUT2D eigenvalue weighted by Crippen LogP contribution is -2.43. The van der Waals surface area contributed by atoms with Gasteiger partial charge >= 0.3 is 0 Å². The van der Waals surface area contributed by atoms with E-state index < -0.39 is 29.8 Å². The smallest absolute Gasteiger partial charge is 0.263 e. The zero-order valence-electron chi connectivity index (χ0n) is 15.3. The molecule has 1 N–H and O–H groups in total. The third kappa shape index (κ3) is 3.52. The van der Waals surface area contributed by atoms with Crippen molar-refractivity contribution in [2.24, 2.45) is 10.3 Å². The minimum Gasteiger partial charge on any atom is -0.497 e. The lowest BCUT2D eigenvalue weighted by molar-refractivity contribution is -0.123. The summed E-state index contributed by atoms with van der Waals surface area (Å²) in [5.74, 6) is -0.722. The molecule has 1 saturated heterocycles. The van der Waals surface area contributed by atoms with Crippen molar-refractivity contribution in [3.8, 4) is 5.75 Å². The highest BCUT2D eigenvalue weighted by molar-refractivity contribution is 6.31. The molecule has 0 unspecified atom stereocenters. The van der Waals surface area contributed by atoms with E-state index in [1.807, 2.05) is 0 Å². The summed E-state index contributed by atoms with van der Waals surface area (Å²) in [6.07, 6.45) is 0. The number of amides is 3. The number of methoxy groups -OCH3 is 1. The molecule has 2 aromatic rings. The van der Waals surface area contributed by atoms with E-state index >= 15 is 0 Å². The van der Waals surface area contributed by atoms with Crippen molar-refractivity contribution >= 4 is 40.7 Å². The highest BCUT2D eigenvalue weighted by Gasteiger charge is 2.55. The number of anilines is 2. The number of fused-ring (bicyclic) bond motifs is 1. The molecule has 2 atom stereocenters. The van der Waals surface area contributed by atoms with Gasteiger partial charge in [0.25, 0.3) is 11.8 Å². The molecule has 1 fully saturated rings. The number of nitrogens with one attached hydrogen (secondary N) is 1. The van der Waals surface area contributed by atoms with Crippen molar-refractivity contribution in [1.82, 2.24) is 5.01 Å². The molecule has 0 aliphatic carbocycles. The summed E-state index contributed by atoms with van der Waals surface area (Å²) in [4.78, 5) is 39.0. The number of hydrogen-bond donors (Lipinski definition) is 1. The monoisotopic (exact) mass is 413 g/mol. The Morgan fingerprint density at radius 3 is 2.62 bits per heavy atom. The summed E-state index contributed by atoms with van der Waals surface area (Å²) < 4.78 is 5.07. The van der Waals surface area contributed by atoms with Crippen LogP contribution in [0.5, 0.6) is 5.75 Å². The number of hydrogen-bond acceptors (Lipinski definition) is 7. The van der Waals surface area contributed by atoms with Crippen LogP contribution >= 0.6 is 11.6 Å². The first-order valence-electron chi connectivity index (χ1n) is 8.72. The Balaban J connectivity index is 1.46. The van der Waals surface area contributed by atoms with Crippen molar-refractivity contribution in [2.75, 3.05) is 23.9 Å². The molecule has 0 saturated carbocycles. The van der Waals surface area contributed by atoms with Gasteiger partial charge in [-0.2, -0.15) is 5.11 Å². The van der Waals surface area contributed by atoms with Gasteiger partial charge in [0, 0.05) is 10.7 Å². The standard InChI is InChI=1S/C19H16ClN5O4/c1-29-14-7-5-12(6-8-14)21-15(26)10-24-17-16(22-23-24)18(27)25(19(17)28)13-4-2-3-11(20)9-13/h2-9,16-17H,10H2,1H3,(H,21,26)/t16-,17+/m1/s1. The van der Waals surface area contributed by atoms with Crippen molar-refractivity contribution in [3.63, 3.8) is 0 Å². The van der Waals surface area contributed by atoms with Crippen LogP contribution in [-0.2, 0) is 14.4 Å². The van der Waals surface area contributed by atoms with E-state index in [0.717, 1.165) is 4.90 Å². The summed E-state index contributed by atoms with van der Waals surface area (Å²) in [7, 11) is 1.55. The minimum atomic E-state index is -0.977. The molecule has 29 heavy (non-hydrogen) atoms. The first kappa shape index (κ1) is 18.9. The summed E-state index contributed by atoms with van der Waals surface area (Å²) in [6, 6.07) is 11.3. The Hall–Kier alpha value is -3.46. The van der Waals surface area contributed by atoms with Gasteiger partial charge in [-0.3, -0.25) is 19.4 Å². The van der Waals surface area contributed by atoms with E-state index in [-0.39, 0.29) is 6.54 Å². The average molecular weight is 414 g/mol. The highest BCUT2D eigenvalue weighted by Crippen LogP contribution is 2.32. The van der Waals surface area contributed by atoms with E-state index in [1.54, 1.807) is 49.6 Å². The molecule has 3 amide bonds. The Labute approximate surface area is 170 Å². The quantitative estimate of drug-likeness (QED) is 0.757. The van der Waals surface area contributed by atoms with Crippen molar-refractivity contribution in [2.45, 2.75) is 12.1 Å². The maximum atomic E-state index is 12.9. The lowest BCUT2D eigenvalue weighted by Gasteiger charge is -2.20. The van der Waals surface area contributed by atoms with Gasteiger partial charge in [-0.1, -0.05) is 22.9 Å². The average Bonchev–Trinajstić information content (AvgIpc) is 3.22. The largest absolute Gasteiger partial charge is 0.497 e. The fraction of sp³-hybridized carbons (Fsp3) is 0.211. The van der Waals surface area contributed by atoms with E-state index in [0.29, 0.717) is 22.1 Å². The second-order valence-electron chi connectivity index (χ2n) is 6.46. The van der Waals surface area contributed by atoms with Gasteiger partial charge in [-0.15, -0.1) is 0 Å². The summed E-state index contributed by atoms with van der Waals surface area (Å²) in [5, 5.41) is 12.1. The minimum absolute atomic E-state index is 0.223. The van der Waals surface area contributed by atoms with Gasteiger partial charge in [0.05, 0.1) is 12.8 Å². The molecule has 2 heterocycles. The maximum Gasteiger partial charge on any atom is 0.263 e. The number of halogens is 1. The first-order valence-corrected chi connectivity index (χ1v) is 9.10. The van der Waals surface area contributed by atoms with Crippen molar-refractivity contribution < 1.29 is 19.1 Å². The molecular formula is C19H16ClN5O4. The summed E-state index contributed by atoms with van der Waals surface area (Å²) in [5.41, 5.74) is 0.928. The maximum absolute atomic E-state index is 12.9. The third-order valence-corrected chi connectivity index (χ3v) is 4.84. The van der Waals surface area contributed by atoms with Crippen LogP contribution in [0.25, 0.3) is 0 Å². The molecule has 0 aromatic heterocycles. The number of ether oxygens (including phenoxy) is 1. The number of nitrogens with zero attached hydrogens (tertiary/aromatic N) is 4. The highest BCUT2D eigenvalue weighted by atomic mass is 35.5. The van der Waals surface area contributed by atoms with E-state index in [1.165, 1.54) is 11.1 Å². The Morgan fingerprint density at radius 1 is 1.17 bits per heavy atom. The Bertz CT molecular complexity index is 1010. The van der Waals surface area contributed by atoms with E-state index in [2.05, 4.69) is 15.7 Å². The summed E-state index contributed by atoms with van der Waals surface area (Å²) in [6.45, 7) is -0.223. The molecule has 0 radical (unpaired) electrons. The van der Waals surface area contributed by atoms with Crippen LogP contribution in [-0.4, -0.2) is 48.5 Å². The number of imide groups is 1. The summed E-state index contributed by atoms with van der Waals surface area (Å²) >= 11 is 5.97. The van der Waals surface area contributed by atoms with Crippen LogP contribution in [0.15, 0.2) is 58.9 Å². The molecule has 2 aromatic carbocycles. The number of carbonyl (C=O) groups is 3. The van der Waals surface area contributed by atoms with Gasteiger partial charge in [-0.25, -0.2) is 4.90 Å². The fourth-order valence-corrected chi connectivity index (χ4v) is 3.43. The predicted octanol–water partition coefficient (Wildman–Crippen LogP) is 2.28. The predicted molar refractivity (Wildman–Crippen MR) is 105 cm³/mol. The van der Waals surface area contributed by atoms with Gasteiger partial charge in [0.1, 0.15) is 12.3 Å². The van der Waals surface area contributed by atoms with Crippen molar-refractivity contribution in [1.29, 1.82) is 0 Å². The normalized spacial score (nSPS) is 20.2. The molecule has 2 aliphatic heterocycles. The SMILES string of the molecule is COc1ccc(NC(=O)CN2N=N[C@H]3C(=O)N(c4cccc(Cl)c4)C(=O)[C@H]32)cc1. The molecule has 2 aliphatic rings. The van der Waals surface area contributed by atoms with Crippen LogP contribution < -0.4 is 15.0 Å². The van der Waals surface area contributed by atoms with Crippen LogP contribution in [0.2, 0.25) is 5.02 Å². The van der Waals surface area contributed by atoms with Crippen molar-refractivity contribution in [3.05, 3.63) is 53.6 Å². The third-order valence-electron chi connectivity index (χ3n) is 4.60. The fourth-order valence-electron chi connectivity index (χ4n) is 3.25. The Morgan fingerprint density at radius 2 is 1.93 bits per heavy atom. The molecule has 0 spiro atoms. The Kier molecular flexibility index (Phi) is 4.89.